The van der Waals surface area contributed by atoms with Gasteiger partial charge in [-0.15, -0.1) is 0 Å². The number of nitrogens with zero attached hydrogens (tertiary/aromatic N) is 1. The zero-order valence-corrected chi connectivity index (χ0v) is 7.61. The van der Waals surface area contributed by atoms with Gasteiger partial charge in [-0.3, -0.25) is 0 Å². The molecular weight excluding hydrogens is 154 g/mol. The van der Waals surface area contributed by atoms with Gasteiger partial charge in [0.15, 0.2) is 0 Å². The van der Waals surface area contributed by atoms with E-state index in [-0.39, 0.29) is 0 Å². The van der Waals surface area contributed by atoms with Crippen LogP contribution in [0.4, 0.5) is 0 Å². The number of allylic oxidation sites excluding steroid dienone is 3. The molecule has 1 atom stereocenters. The van der Waals surface area contributed by atoms with Crippen molar-refractivity contribution in [2.75, 3.05) is 0 Å². The van der Waals surface area contributed by atoms with E-state index in [9.17, 15) is 0 Å². The molecule has 58 valence electrons. The smallest absolute Gasteiger partial charge is 0.138 e. The van der Waals surface area contributed by atoms with Crippen LogP contribution in [0.1, 0.15) is 20.3 Å². The van der Waals surface area contributed by atoms with Crippen LogP contribution in [0.3, 0.4) is 0 Å². The van der Waals surface area contributed by atoms with Crippen molar-refractivity contribution in [3.05, 3.63) is 22.6 Å². The van der Waals surface area contributed by atoms with Crippen molar-refractivity contribution in [2.45, 2.75) is 20.3 Å². The molecule has 0 aromatic heterocycles. The van der Waals surface area contributed by atoms with Crippen molar-refractivity contribution in [1.82, 2.24) is 0 Å². The summed E-state index contributed by atoms with van der Waals surface area (Å²) < 4.78 is 0. The average molecular weight is 165 g/mol. The van der Waals surface area contributed by atoms with Gasteiger partial charge in [0, 0.05) is 4.91 Å². The van der Waals surface area contributed by atoms with Gasteiger partial charge in [0.05, 0.1) is 0 Å². The number of rotatable bonds is 1. The van der Waals surface area contributed by atoms with Crippen molar-refractivity contribution in [3.63, 3.8) is 0 Å². The van der Waals surface area contributed by atoms with E-state index in [0.29, 0.717) is 5.92 Å². The van der Waals surface area contributed by atoms with E-state index >= 15 is 0 Å². The minimum Gasteiger partial charge on any atom is -0.185 e. The molecule has 11 heavy (non-hydrogen) atoms. The Balaban J connectivity index is 2.82. The van der Waals surface area contributed by atoms with Crippen LogP contribution in [0, 0.1) is 16.6 Å². The predicted molar refractivity (Wildman–Crippen MR) is 48.8 cm³/mol. The van der Waals surface area contributed by atoms with Crippen LogP contribution in [0.2, 0.25) is 0 Å². The zero-order valence-electron chi connectivity index (χ0n) is 6.79. The summed E-state index contributed by atoms with van der Waals surface area (Å²) in [5, 5.41) is 10.6. The highest BCUT2D eigenvalue weighted by Gasteiger charge is 2.11. The molecule has 0 saturated carbocycles. The van der Waals surface area contributed by atoms with Crippen molar-refractivity contribution in [2.24, 2.45) is 5.92 Å². The Morgan fingerprint density at radius 3 is 3.09 bits per heavy atom. The Kier molecular flexibility index (Phi) is 2.78. The molecule has 1 aliphatic carbocycles. The van der Waals surface area contributed by atoms with E-state index in [4.69, 9.17) is 5.26 Å². The topological polar surface area (TPSA) is 23.8 Å². The third-order valence-electron chi connectivity index (χ3n) is 2.04. The van der Waals surface area contributed by atoms with Gasteiger partial charge in [-0.25, -0.2) is 0 Å². The highest BCUT2D eigenvalue weighted by molar-refractivity contribution is 8.07. The summed E-state index contributed by atoms with van der Waals surface area (Å²) in [7, 11) is 0. The Morgan fingerprint density at radius 2 is 2.45 bits per heavy atom. The largest absolute Gasteiger partial charge is 0.185 e. The Labute approximate surface area is 71.8 Å². The van der Waals surface area contributed by atoms with Crippen LogP contribution in [0.5, 0.6) is 0 Å². The molecule has 1 rings (SSSR count). The first-order valence-corrected chi connectivity index (χ1v) is 4.50. The minimum atomic E-state index is 0.607. The molecule has 0 aromatic carbocycles. The lowest BCUT2D eigenvalue weighted by atomic mass is 9.95. The SMILES string of the molecule is CC1=C(SC#N)C=CCC1C. The maximum Gasteiger partial charge on any atom is 0.138 e. The summed E-state index contributed by atoms with van der Waals surface area (Å²) in [6.07, 6.45) is 5.29. The Hall–Kier alpha value is -0.680. The fraction of sp³-hybridized carbons (Fsp3) is 0.444. The van der Waals surface area contributed by atoms with Crippen LogP contribution in [0.15, 0.2) is 22.6 Å². The Morgan fingerprint density at radius 1 is 1.73 bits per heavy atom. The number of hydrogen-bond donors (Lipinski definition) is 0. The first-order valence-electron chi connectivity index (χ1n) is 3.69. The molecule has 0 spiro atoms. The summed E-state index contributed by atoms with van der Waals surface area (Å²) in [6.45, 7) is 4.30. The average Bonchev–Trinajstić information content (AvgIpc) is 1.99. The van der Waals surface area contributed by atoms with Crippen molar-refractivity contribution < 1.29 is 0 Å². The van der Waals surface area contributed by atoms with Crippen LogP contribution < -0.4 is 0 Å². The van der Waals surface area contributed by atoms with E-state index in [2.05, 4.69) is 25.3 Å². The zero-order chi connectivity index (χ0) is 8.27. The predicted octanol–water partition coefficient (Wildman–Crippen LogP) is 3.07. The standard InChI is InChI=1S/C9H11NS/c1-7-4-3-5-9(8(7)2)11-6-10/h3,5,7H,4H2,1-2H3. The lowest BCUT2D eigenvalue weighted by Gasteiger charge is -2.16. The normalized spacial score (nSPS) is 23.5. The summed E-state index contributed by atoms with van der Waals surface area (Å²) in [6, 6.07) is 0. The summed E-state index contributed by atoms with van der Waals surface area (Å²) >= 11 is 1.26. The maximum atomic E-state index is 8.47. The summed E-state index contributed by atoms with van der Waals surface area (Å²) in [5.41, 5.74) is 1.35. The molecule has 0 radical (unpaired) electrons. The molecule has 1 nitrogen and oxygen atoms in total. The van der Waals surface area contributed by atoms with E-state index in [1.807, 2.05) is 6.08 Å². The monoisotopic (exact) mass is 165 g/mol. The minimum absolute atomic E-state index is 0.607. The molecule has 0 bridgehead atoms. The molecule has 1 unspecified atom stereocenters. The number of thiocyanates is 1. The lowest BCUT2D eigenvalue weighted by molar-refractivity contribution is 0.685. The molecule has 0 N–H and O–H groups in total. The van der Waals surface area contributed by atoms with Crippen molar-refractivity contribution >= 4 is 11.8 Å². The van der Waals surface area contributed by atoms with E-state index in [1.54, 1.807) is 0 Å². The van der Waals surface area contributed by atoms with Gasteiger partial charge in [0.1, 0.15) is 5.40 Å². The second kappa shape index (κ2) is 3.64. The first-order chi connectivity index (χ1) is 5.25. The molecule has 2 heteroatoms. The summed E-state index contributed by atoms with van der Waals surface area (Å²) in [5.74, 6) is 0.607. The van der Waals surface area contributed by atoms with Gasteiger partial charge >= 0.3 is 0 Å². The highest BCUT2D eigenvalue weighted by Crippen LogP contribution is 2.30. The fourth-order valence-corrected chi connectivity index (χ4v) is 1.72. The van der Waals surface area contributed by atoms with Crippen molar-refractivity contribution in [3.8, 4) is 5.40 Å². The second-order valence-electron chi connectivity index (χ2n) is 2.78. The quantitative estimate of drug-likeness (QED) is 0.557. The van der Waals surface area contributed by atoms with Gasteiger partial charge in [-0.05, 0) is 31.0 Å². The molecule has 0 amide bonds. The van der Waals surface area contributed by atoms with E-state index in [0.717, 1.165) is 11.3 Å². The number of nitriles is 1. The highest BCUT2D eigenvalue weighted by atomic mass is 32.2. The van der Waals surface area contributed by atoms with Gasteiger partial charge < -0.3 is 0 Å². The van der Waals surface area contributed by atoms with Gasteiger partial charge in [-0.1, -0.05) is 24.6 Å². The number of thioether (sulfide) groups is 1. The van der Waals surface area contributed by atoms with E-state index < -0.39 is 0 Å². The molecule has 0 aromatic rings. The number of hydrogen-bond acceptors (Lipinski definition) is 2. The fourth-order valence-electron chi connectivity index (χ4n) is 1.09. The van der Waals surface area contributed by atoms with E-state index in [1.165, 1.54) is 17.3 Å². The van der Waals surface area contributed by atoms with Crippen LogP contribution in [-0.2, 0) is 0 Å². The first kappa shape index (κ1) is 8.42. The lowest BCUT2D eigenvalue weighted by Crippen LogP contribution is -2.00. The third kappa shape index (κ3) is 1.87. The third-order valence-corrected chi connectivity index (χ3v) is 2.81. The van der Waals surface area contributed by atoms with Crippen LogP contribution >= 0.6 is 11.8 Å². The molecule has 0 aliphatic heterocycles. The maximum absolute atomic E-state index is 8.47. The second-order valence-corrected chi connectivity index (χ2v) is 3.61. The molecule has 0 fully saturated rings. The molecular formula is C9H11NS. The van der Waals surface area contributed by atoms with Crippen molar-refractivity contribution in [1.29, 1.82) is 5.26 Å². The van der Waals surface area contributed by atoms with Crippen LogP contribution in [0.25, 0.3) is 0 Å². The molecule has 0 saturated heterocycles. The summed E-state index contributed by atoms with van der Waals surface area (Å²) in [4.78, 5) is 1.13. The molecule has 0 heterocycles. The van der Waals surface area contributed by atoms with Crippen LogP contribution in [-0.4, -0.2) is 0 Å². The molecule has 1 aliphatic rings. The van der Waals surface area contributed by atoms with Gasteiger partial charge in [-0.2, -0.15) is 5.26 Å². The van der Waals surface area contributed by atoms with Gasteiger partial charge in [0.25, 0.3) is 0 Å². The van der Waals surface area contributed by atoms with Gasteiger partial charge in [0.2, 0.25) is 0 Å². The Bertz CT molecular complexity index is 245.